The number of methoxy groups -OCH3 is 1. The predicted molar refractivity (Wildman–Crippen MR) is 410 cm³/mol. The Hall–Kier alpha value is -9.83. The molecule has 34 heteroatoms. The Labute approximate surface area is 645 Å². The van der Waals surface area contributed by atoms with Crippen molar-refractivity contribution in [3.8, 4) is 5.75 Å². The smallest absolute Gasteiger partial charge is 0.330 e. The monoisotopic (exact) mass is 1550 g/mol. The van der Waals surface area contributed by atoms with E-state index in [4.69, 9.17) is 21.9 Å². The summed E-state index contributed by atoms with van der Waals surface area (Å²) in [7, 11) is 1.17. The van der Waals surface area contributed by atoms with Gasteiger partial charge in [-0.05, 0) is 187 Å². The molecule has 20 N–H and O–H groups in total. The first-order valence-electron chi connectivity index (χ1n) is 37.7. The van der Waals surface area contributed by atoms with Crippen molar-refractivity contribution in [3.63, 3.8) is 0 Å². The highest BCUT2D eigenvalue weighted by atomic mass is 16.5. The zero-order chi connectivity index (χ0) is 83.0. The second kappa shape index (κ2) is 44.7. The number of phenolic OH excluding ortho intramolecular Hbond substituents is 1. The summed E-state index contributed by atoms with van der Waals surface area (Å²) in [4.78, 5) is 208. The van der Waals surface area contributed by atoms with E-state index in [1.165, 1.54) is 79.5 Å². The zero-order valence-electron chi connectivity index (χ0n) is 66.6. The van der Waals surface area contributed by atoms with Gasteiger partial charge in [0.05, 0.1) is 32.8 Å². The minimum atomic E-state index is -1.76. The lowest BCUT2D eigenvalue weighted by molar-refractivity contribution is -0.149. The highest BCUT2D eigenvalue weighted by Gasteiger charge is 2.43. The first kappa shape index (κ1) is 94.4. The number of hydrogen-bond acceptors (Lipinski definition) is 20. The maximum atomic E-state index is 14.4. The average Bonchev–Trinajstić information content (AvgIpc) is 0.840. The lowest BCUT2D eigenvalue weighted by atomic mass is 9.96. The van der Waals surface area contributed by atoms with Gasteiger partial charge < -0.3 is 101 Å². The molecule has 1 heterocycles. The molecule has 1 aliphatic heterocycles. The van der Waals surface area contributed by atoms with Crippen molar-refractivity contribution < 1.29 is 81.8 Å². The SMILES string of the molecule is COC(=O)C(C)(C)NC(=O)[C@H](CC(C)C)NC(=O)C(C)(C)NC(=O)[C@H](CCCCN)NC(=O)C(C)(C)NC(=O)[C@H](CC(C)C)NC(=O)C(C)(C)NC(=O)[C@H](CCCCN)NC(=O)[C@@H]1CCCN1C(=O)CNC(=O)[C@H](CC(C)C)NC(=O)[C@H](Cc1ccccc1)NC(=O)CNC(=O)CNC(=O)[C@@H](N)Cc1ccc(O)cc1. The molecule has 0 bridgehead atoms. The molecule has 2 aromatic rings. The Morgan fingerprint density at radius 3 is 1.35 bits per heavy atom. The van der Waals surface area contributed by atoms with E-state index in [1.54, 1.807) is 56.3 Å². The van der Waals surface area contributed by atoms with Gasteiger partial charge in [0.1, 0.15) is 70.2 Å². The van der Waals surface area contributed by atoms with Crippen molar-refractivity contribution in [1.29, 1.82) is 0 Å². The maximum absolute atomic E-state index is 14.4. The number of unbranched alkanes of at least 4 members (excludes halogenated alkanes) is 2. The molecule has 614 valence electrons. The fourth-order valence-corrected chi connectivity index (χ4v) is 11.8. The van der Waals surface area contributed by atoms with Crippen LogP contribution in [0.3, 0.4) is 0 Å². The van der Waals surface area contributed by atoms with E-state index in [1.807, 2.05) is 27.7 Å². The van der Waals surface area contributed by atoms with E-state index in [0.717, 1.165) is 0 Å². The number of nitrogens with zero attached hydrogens (tertiary/aromatic N) is 1. The molecular formula is C76H123N17O17. The van der Waals surface area contributed by atoms with Crippen LogP contribution < -0.4 is 86.3 Å². The second-order valence-electron chi connectivity index (χ2n) is 31.4. The third-order valence-electron chi connectivity index (χ3n) is 18.1. The highest BCUT2D eigenvalue weighted by Crippen LogP contribution is 2.21. The first-order valence-corrected chi connectivity index (χ1v) is 37.7. The van der Waals surface area contributed by atoms with Gasteiger partial charge in [-0.3, -0.25) is 67.1 Å². The van der Waals surface area contributed by atoms with E-state index in [-0.39, 0.29) is 94.5 Å². The molecule has 1 saturated heterocycles. The number of aromatic hydroxyl groups is 1. The average molecular weight is 1550 g/mol. The molecule has 0 spiro atoms. The number of likely N-dealkylation sites (tertiary alicyclic amines) is 1. The van der Waals surface area contributed by atoms with Gasteiger partial charge >= 0.3 is 5.97 Å². The van der Waals surface area contributed by atoms with Crippen LogP contribution in [0.1, 0.15) is 179 Å². The number of benzene rings is 2. The van der Waals surface area contributed by atoms with Gasteiger partial charge in [-0.1, -0.05) is 84.0 Å². The quantitative estimate of drug-likeness (QED) is 0.0276. The van der Waals surface area contributed by atoms with E-state index >= 15 is 0 Å². The van der Waals surface area contributed by atoms with Crippen LogP contribution in [0.4, 0.5) is 0 Å². The van der Waals surface area contributed by atoms with Crippen molar-refractivity contribution in [2.24, 2.45) is 35.0 Å². The number of ether oxygens (including phenoxy) is 1. The van der Waals surface area contributed by atoms with Gasteiger partial charge in [-0.25, -0.2) is 4.79 Å². The van der Waals surface area contributed by atoms with Crippen LogP contribution in [-0.2, 0) is 89.5 Å². The molecule has 0 aromatic heterocycles. The number of nitrogens with one attached hydrogen (secondary N) is 13. The van der Waals surface area contributed by atoms with Crippen LogP contribution in [-0.4, -0.2) is 216 Å². The third-order valence-corrected chi connectivity index (χ3v) is 18.1. The summed E-state index contributed by atoms with van der Waals surface area (Å²) in [5.74, 6) is -11.6. The fourth-order valence-electron chi connectivity index (χ4n) is 11.8. The molecule has 110 heavy (non-hydrogen) atoms. The van der Waals surface area contributed by atoms with Crippen molar-refractivity contribution in [2.45, 2.75) is 251 Å². The van der Waals surface area contributed by atoms with Crippen molar-refractivity contribution in [3.05, 3.63) is 65.7 Å². The Morgan fingerprint density at radius 1 is 0.464 bits per heavy atom. The van der Waals surface area contributed by atoms with Gasteiger partial charge in [-0.2, -0.15) is 0 Å². The summed E-state index contributed by atoms with van der Waals surface area (Å²) < 4.78 is 4.81. The first-order chi connectivity index (χ1) is 51.4. The fraction of sp³-hybridized carbons (Fsp3) is 0.645. The van der Waals surface area contributed by atoms with Crippen LogP contribution >= 0.6 is 0 Å². The van der Waals surface area contributed by atoms with Crippen molar-refractivity contribution in [1.82, 2.24) is 74.0 Å². The number of rotatable bonds is 46. The lowest BCUT2D eigenvalue weighted by Gasteiger charge is -2.34. The van der Waals surface area contributed by atoms with E-state index in [2.05, 4.69) is 69.1 Å². The largest absolute Gasteiger partial charge is 0.508 e. The second-order valence-corrected chi connectivity index (χ2v) is 31.4. The molecule has 1 aliphatic rings. The Morgan fingerprint density at radius 2 is 0.882 bits per heavy atom. The lowest BCUT2D eigenvalue weighted by Crippen LogP contribution is -2.65. The number of nitrogens with two attached hydrogens (primary N) is 3. The van der Waals surface area contributed by atoms with Crippen molar-refractivity contribution in [2.75, 3.05) is 46.4 Å². The molecular weight excluding hydrogens is 1420 g/mol. The van der Waals surface area contributed by atoms with Gasteiger partial charge in [0.25, 0.3) is 0 Å². The molecule has 34 nitrogen and oxygen atoms in total. The number of phenols is 1. The summed E-state index contributed by atoms with van der Waals surface area (Å²) in [6, 6.07) is 5.20. The molecule has 2 aromatic carbocycles. The van der Waals surface area contributed by atoms with Gasteiger partial charge in [0, 0.05) is 13.0 Å². The molecule has 0 saturated carbocycles. The van der Waals surface area contributed by atoms with Gasteiger partial charge in [0.2, 0.25) is 82.7 Å². The summed E-state index contributed by atoms with van der Waals surface area (Å²) in [5, 5.41) is 43.8. The molecule has 0 aliphatic carbocycles. The molecule has 1 fully saturated rings. The molecule has 0 unspecified atom stereocenters. The number of amides is 14. The third kappa shape index (κ3) is 32.4. The Bertz CT molecular complexity index is 3480. The summed E-state index contributed by atoms with van der Waals surface area (Å²) in [6.07, 6.45) is 2.70. The Balaban J connectivity index is 1.72. The number of carbonyl (C=O) groups is 15. The van der Waals surface area contributed by atoms with E-state index in [9.17, 15) is 77.0 Å². The van der Waals surface area contributed by atoms with Crippen LogP contribution in [0.15, 0.2) is 54.6 Å². The normalized spacial score (nSPS) is 15.0. The topological polar surface area (TPSA) is 523 Å². The van der Waals surface area contributed by atoms with Crippen molar-refractivity contribution >= 4 is 88.7 Å². The van der Waals surface area contributed by atoms with Crippen LogP contribution in [0, 0.1) is 17.8 Å². The number of hydrogen-bond donors (Lipinski definition) is 17. The van der Waals surface area contributed by atoms with Crippen LogP contribution in [0.2, 0.25) is 0 Å². The molecule has 8 atom stereocenters. The number of carbonyl (C=O) groups excluding carboxylic acids is 15. The zero-order valence-corrected chi connectivity index (χ0v) is 66.6. The van der Waals surface area contributed by atoms with Crippen LogP contribution in [0.5, 0.6) is 5.75 Å². The standard InChI is InChI=1S/C76H123N17O17/c1-44(2)36-53(85-63(100)56(40-47-24-17-16-18-25-47)83-59(96)42-80-58(95)41-81-61(98)50(79)39-48-29-31-49(94)32-30-48)62(99)82-43-60(97)93-35-23-28-57(93)68(105)84-51(26-19-21-33-77)64(101)89-74(9,10)70(107)87-54(37-45(3)4)66(103)91-73(7,8)69(106)86-52(27-20-22-34-78)65(102)90-75(11,12)71(108)88-55(38-46(5)6)67(104)92-76(13,14)72(109)110-15/h16-18,24-25,29-32,44-46,50-57,94H,19-23,26-28,33-43,77-79H2,1-15H3,(H,80,95)(H,81,98)(H,82,99)(H,83,96)(H,84,105)(H,85,100)(H,86,106)(H,87,107)(H,88,108)(H,89,101)(H,90,102)(H,91,103)(H,92,104)/t50-,51-,52-,53-,54-,55-,56-,57-/m0/s1. The van der Waals surface area contributed by atoms with E-state index < -0.39 is 179 Å². The van der Waals surface area contributed by atoms with Gasteiger partial charge in [0.15, 0.2) is 0 Å². The predicted octanol–water partition coefficient (Wildman–Crippen LogP) is -1.10. The minimum absolute atomic E-state index is 0.0336. The summed E-state index contributed by atoms with van der Waals surface area (Å²) in [6.45, 7) is 21.1. The molecule has 0 radical (unpaired) electrons. The van der Waals surface area contributed by atoms with E-state index in [0.29, 0.717) is 43.2 Å². The van der Waals surface area contributed by atoms with Crippen LogP contribution in [0.25, 0.3) is 0 Å². The van der Waals surface area contributed by atoms with Gasteiger partial charge in [-0.15, -0.1) is 0 Å². The summed E-state index contributed by atoms with van der Waals surface area (Å²) in [5.41, 5.74) is 12.3. The minimum Gasteiger partial charge on any atom is -0.508 e. The Kier molecular flexibility index (Phi) is 38.4. The summed E-state index contributed by atoms with van der Waals surface area (Å²) >= 11 is 0. The molecule has 3 rings (SSSR count). The highest BCUT2D eigenvalue weighted by molar-refractivity contribution is 6.01. The number of esters is 1. The maximum Gasteiger partial charge on any atom is 0.330 e. The molecule has 14 amide bonds.